The Morgan fingerprint density at radius 2 is 1.90 bits per heavy atom. The van der Waals surface area contributed by atoms with Gasteiger partial charge in [0.25, 0.3) is 5.56 Å². The molecule has 0 spiro atoms. The van der Waals surface area contributed by atoms with Gasteiger partial charge in [-0.3, -0.25) is 4.79 Å². The maximum atomic E-state index is 12.7. The molecular weight excluding hydrogens is 250 g/mol. The molecule has 3 nitrogen and oxygen atoms in total. The normalized spacial score (nSPS) is 15.4. The van der Waals surface area contributed by atoms with Gasteiger partial charge in [0.2, 0.25) is 0 Å². The Bertz CT molecular complexity index is 870. The summed E-state index contributed by atoms with van der Waals surface area (Å²) in [4.78, 5) is 12.7. The maximum absolute atomic E-state index is 12.7. The predicted octanol–water partition coefficient (Wildman–Crippen LogP) is 3.55. The van der Waals surface area contributed by atoms with Gasteiger partial charge in [-0.25, -0.2) is 0 Å². The summed E-state index contributed by atoms with van der Waals surface area (Å²) in [5.74, 6) is 1.03. The summed E-state index contributed by atoms with van der Waals surface area (Å²) < 4.78 is 7.85. The molecule has 1 aliphatic rings. The molecular formula is C17H17NO2. The van der Waals surface area contributed by atoms with E-state index in [9.17, 15) is 4.79 Å². The van der Waals surface area contributed by atoms with Crippen LogP contribution in [0.15, 0.2) is 33.5 Å². The lowest BCUT2D eigenvalue weighted by atomic mass is 10.1. The highest BCUT2D eigenvalue weighted by Gasteiger charge is 2.21. The van der Waals surface area contributed by atoms with Crippen molar-refractivity contribution >= 4 is 21.9 Å². The lowest BCUT2D eigenvalue weighted by Crippen LogP contribution is -2.17. The molecule has 0 unspecified atom stereocenters. The smallest absolute Gasteiger partial charge is 0.262 e. The van der Waals surface area contributed by atoms with Crippen LogP contribution < -0.4 is 5.56 Å². The van der Waals surface area contributed by atoms with E-state index >= 15 is 0 Å². The quantitative estimate of drug-likeness (QED) is 0.584. The SMILES string of the molecule is Cn1c(=O)c2c3c(oc2c2ccccc21)CCCCC3. The van der Waals surface area contributed by atoms with Gasteiger partial charge in [-0.15, -0.1) is 0 Å². The summed E-state index contributed by atoms with van der Waals surface area (Å²) >= 11 is 0. The second-order valence-corrected chi connectivity index (χ2v) is 5.65. The van der Waals surface area contributed by atoms with Crippen molar-refractivity contribution in [2.45, 2.75) is 32.1 Å². The minimum Gasteiger partial charge on any atom is -0.460 e. The van der Waals surface area contributed by atoms with E-state index in [1.807, 2.05) is 31.3 Å². The number of benzene rings is 1. The average molecular weight is 267 g/mol. The first-order valence-electron chi connectivity index (χ1n) is 7.29. The Balaban J connectivity index is 2.22. The van der Waals surface area contributed by atoms with Crippen LogP contribution in [-0.2, 0) is 19.9 Å². The Morgan fingerprint density at radius 1 is 1.10 bits per heavy atom. The number of aryl methyl sites for hydroxylation is 3. The molecule has 1 aliphatic carbocycles. The van der Waals surface area contributed by atoms with Crippen molar-refractivity contribution in [1.29, 1.82) is 0 Å². The van der Waals surface area contributed by atoms with Gasteiger partial charge in [0.15, 0.2) is 0 Å². The molecule has 3 aromatic rings. The summed E-state index contributed by atoms with van der Waals surface area (Å²) in [5, 5.41) is 1.85. The van der Waals surface area contributed by atoms with Crippen LogP contribution in [0.3, 0.4) is 0 Å². The average Bonchev–Trinajstić information content (AvgIpc) is 2.68. The van der Waals surface area contributed by atoms with Crippen molar-refractivity contribution in [2.75, 3.05) is 0 Å². The van der Waals surface area contributed by atoms with Crippen LogP contribution in [0.2, 0.25) is 0 Å². The minimum absolute atomic E-state index is 0.0746. The molecule has 0 bridgehead atoms. The maximum Gasteiger partial charge on any atom is 0.262 e. The Kier molecular flexibility index (Phi) is 2.49. The van der Waals surface area contributed by atoms with Gasteiger partial charge >= 0.3 is 0 Å². The van der Waals surface area contributed by atoms with Crippen molar-refractivity contribution < 1.29 is 4.42 Å². The van der Waals surface area contributed by atoms with E-state index < -0.39 is 0 Å². The lowest BCUT2D eigenvalue weighted by Gasteiger charge is -2.05. The van der Waals surface area contributed by atoms with E-state index in [-0.39, 0.29) is 5.56 Å². The Hall–Kier alpha value is -2.03. The highest BCUT2D eigenvalue weighted by molar-refractivity contribution is 6.03. The first-order valence-corrected chi connectivity index (χ1v) is 7.29. The van der Waals surface area contributed by atoms with E-state index in [4.69, 9.17) is 4.42 Å². The molecule has 1 aromatic carbocycles. The van der Waals surface area contributed by atoms with Gasteiger partial charge in [0, 0.05) is 24.4 Å². The van der Waals surface area contributed by atoms with Gasteiger partial charge < -0.3 is 8.98 Å². The lowest BCUT2D eigenvalue weighted by molar-refractivity contribution is 0.540. The number of para-hydroxylation sites is 1. The highest BCUT2D eigenvalue weighted by atomic mass is 16.3. The number of hydrogen-bond acceptors (Lipinski definition) is 2. The predicted molar refractivity (Wildman–Crippen MR) is 80.2 cm³/mol. The van der Waals surface area contributed by atoms with E-state index in [0.29, 0.717) is 0 Å². The number of fused-ring (bicyclic) bond motifs is 5. The standard InChI is InChI=1S/C17H17NO2/c1-18-13-9-6-5-7-11(13)16-15(17(18)19)12-8-3-2-4-10-14(12)20-16/h5-7,9H,2-4,8,10H2,1H3. The van der Waals surface area contributed by atoms with E-state index in [2.05, 4.69) is 0 Å². The third-order valence-corrected chi connectivity index (χ3v) is 4.45. The number of pyridine rings is 1. The van der Waals surface area contributed by atoms with Crippen LogP contribution in [-0.4, -0.2) is 4.57 Å². The fourth-order valence-corrected chi connectivity index (χ4v) is 3.39. The summed E-state index contributed by atoms with van der Waals surface area (Å²) in [5.41, 5.74) is 2.96. The molecule has 0 fully saturated rings. The van der Waals surface area contributed by atoms with Gasteiger partial charge in [0.1, 0.15) is 11.3 Å². The van der Waals surface area contributed by atoms with Crippen LogP contribution >= 0.6 is 0 Å². The molecule has 0 aliphatic heterocycles. The topological polar surface area (TPSA) is 35.1 Å². The first kappa shape index (κ1) is 11.8. The monoisotopic (exact) mass is 267 g/mol. The summed E-state index contributed by atoms with van der Waals surface area (Å²) in [6.45, 7) is 0. The zero-order valence-corrected chi connectivity index (χ0v) is 11.6. The van der Waals surface area contributed by atoms with Crippen LogP contribution in [0.1, 0.15) is 30.6 Å². The van der Waals surface area contributed by atoms with Crippen molar-refractivity contribution in [3.8, 4) is 0 Å². The van der Waals surface area contributed by atoms with Crippen LogP contribution in [0, 0.1) is 0 Å². The van der Waals surface area contributed by atoms with Crippen LogP contribution in [0.4, 0.5) is 0 Å². The summed E-state index contributed by atoms with van der Waals surface area (Å²) in [7, 11) is 1.85. The second-order valence-electron chi connectivity index (χ2n) is 5.65. The molecule has 20 heavy (non-hydrogen) atoms. The first-order chi connectivity index (χ1) is 9.77. The fourth-order valence-electron chi connectivity index (χ4n) is 3.39. The third kappa shape index (κ3) is 1.49. The molecule has 0 saturated carbocycles. The number of rotatable bonds is 0. The highest BCUT2D eigenvalue weighted by Crippen LogP contribution is 2.33. The molecule has 3 heteroatoms. The van der Waals surface area contributed by atoms with Crippen molar-refractivity contribution in [1.82, 2.24) is 4.57 Å². The molecule has 0 saturated heterocycles. The zero-order chi connectivity index (χ0) is 13.7. The minimum atomic E-state index is 0.0746. The molecule has 4 rings (SSSR count). The molecule has 102 valence electrons. The van der Waals surface area contributed by atoms with Crippen molar-refractivity contribution in [2.24, 2.45) is 7.05 Å². The van der Waals surface area contributed by atoms with E-state index in [0.717, 1.165) is 58.9 Å². The van der Waals surface area contributed by atoms with Gasteiger partial charge in [-0.05, 0) is 31.4 Å². The Morgan fingerprint density at radius 3 is 2.80 bits per heavy atom. The molecule has 0 amide bonds. The second kappa shape index (κ2) is 4.23. The number of furan rings is 1. The molecule has 0 radical (unpaired) electrons. The van der Waals surface area contributed by atoms with Crippen LogP contribution in [0.25, 0.3) is 21.9 Å². The molecule has 2 aromatic heterocycles. The third-order valence-electron chi connectivity index (χ3n) is 4.45. The van der Waals surface area contributed by atoms with Gasteiger partial charge in [-0.2, -0.15) is 0 Å². The van der Waals surface area contributed by atoms with Crippen LogP contribution in [0.5, 0.6) is 0 Å². The van der Waals surface area contributed by atoms with E-state index in [1.165, 1.54) is 6.42 Å². The number of aromatic nitrogens is 1. The van der Waals surface area contributed by atoms with Gasteiger partial charge in [0.05, 0.1) is 10.9 Å². The van der Waals surface area contributed by atoms with Crippen molar-refractivity contribution in [3.05, 3.63) is 45.9 Å². The van der Waals surface area contributed by atoms with Crippen molar-refractivity contribution in [3.63, 3.8) is 0 Å². The van der Waals surface area contributed by atoms with Gasteiger partial charge in [-0.1, -0.05) is 18.6 Å². The molecule has 2 heterocycles. The van der Waals surface area contributed by atoms with E-state index in [1.54, 1.807) is 4.57 Å². The number of hydrogen-bond donors (Lipinski definition) is 0. The molecule has 0 atom stereocenters. The zero-order valence-electron chi connectivity index (χ0n) is 11.6. The Labute approximate surface area is 116 Å². The molecule has 0 N–H and O–H groups in total. The number of nitrogens with zero attached hydrogens (tertiary/aromatic N) is 1. The fraction of sp³-hybridized carbons (Fsp3) is 0.353. The largest absolute Gasteiger partial charge is 0.460 e. The summed E-state index contributed by atoms with van der Waals surface area (Å²) in [6, 6.07) is 7.98. The summed E-state index contributed by atoms with van der Waals surface area (Å²) in [6.07, 6.45) is 5.46.